The summed E-state index contributed by atoms with van der Waals surface area (Å²) in [6.07, 6.45) is 1.87. The Balaban J connectivity index is 2.11. The van der Waals surface area contributed by atoms with Crippen molar-refractivity contribution in [3.63, 3.8) is 0 Å². The zero-order chi connectivity index (χ0) is 19.3. The topological polar surface area (TPSA) is 95.6 Å². The number of hydrogen-bond donors (Lipinski definition) is 2. The van der Waals surface area contributed by atoms with Crippen LogP contribution in [0.25, 0.3) is 0 Å². The number of hydrogen-bond acceptors (Lipinski definition) is 4. The van der Waals surface area contributed by atoms with Crippen molar-refractivity contribution in [2.24, 2.45) is 5.92 Å². The second kappa shape index (κ2) is 8.64. The zero-order valence-corrected chi connectivity index (χ0v) is 16.4. The summed E-state index contributed by atoms with van der Waals surface area (Å²) in [6, 6.07) is 5.11. The van der Waals surface area contributed by atoms with Crippen LogP contribution >= 0.6 is 0 Å². The van der Waals surface area contributed by atoms with Crippen LogP contribution in [0.4, 0.5) is 5.69 Å². The Kier molecular flexibility index (Phi) is 6.77. The van der Waals surface area contributed by atoms with E-state index in [4.69, 9.17) is 0 Å². The summed E-state index contributed by atoms with van der Waals surface area (Å²) in [5.74, 6) is -0.721. The number of nitrogens with one attached hydrogen (secondary N) is 2. The number of carbonyl (C=O) groups excluding carboxylic acids is 2. The van der Waals surface area contributed by atoms with Crippen LogP contribution in [0.2, 0.25) is 0 Å². The van der Waals surface area contributed by atoms with Gasteiger partial charge >= 0.3 is 0 Å². The molecular weight excluding hydrogens is 354 g/mol. The SMILES string of the molecule is CCCS(=O)(=O)N1CCC[C@@H](C(=O)Nc2cc(C(=O)NC)ccc2C)C1. The highest BCUT2D eigenvalue weighted by Gasteiger charge is 2.32. The van der Waals surface area contributed by atoms with Crippen LogP contribution in [-0.2, 0) is 14.8 Å². The van der Waals surface area contributed by atoms with Gasteiger partial charge in [-0.25, -0.2) is 12.7 Å². The van der Waals surface area contributed by atoms with Crippen molar-refractivity contribution in [1.29, 1.82) is 0 Å². The third kappa shape index (κ3) is 4.82. The van der Waals surface area contributed by atoms with Crippen LogP contribution in [0.5, 0.6) is 0 Å². The Labute approximate surface area is 155 Å². The zero-order valence-electron chi connectivity index (χ0n) is 15.5. The lowest BCUT2D eigenvalue weighted by Gasteiger charge is -2.31. The fraction of sp³-hybridized carbons (Fsp3) is 0.556. The monoisotopic (exact) mass is 381 g/mol. The van der Waals surface area contributed by atoms with Crippen molar-refractivity contribution in [2.45, 2.75) is 33.1 Å². The average molecular weight is 381 g/mol. The molecule has 0 radical (unpaired) electrons. The number of piperidine rings is 1. The minimum atomic E-state index is -3.30. The van der Waals surface area contributed by atoms with Crippen molar-refractivity contribution >= 4 is 27.5 Å². The van der Waals surface area contributed by atoms with Crippen LogP contribution in [0.3, 0.4) is 0 Å². The van der Waals surface area contributed by atoms with Crippen molar-refractivity contribution in [2.75, 3.05) is 31.2 Å². The quantitative estimate of drug-likeness (QED) is 0.785. The third-order valence-corrected chi connectivity index (χ3v) is 6.64. The smallest absolute Gasteiger partial charge is 0.251 e. The van der Waals surface area contributed by atoms with Crippen LogP contribution < -0.4 is 10.6 Å². The summed E-state index contributed by atoms with van der Waals surface area (Å²) in [7, 11) is -1.75. The fourth-order valence-corrected chi connectivity index (χ4v) is 4.66. The van der Waals surface area contributed by atoms with E-state index in [0.717, 1.165) is 5.56 Å². The van der Waals surface area contributed by atoms with Gasteiger partial charge in [0.2, 0.25) is 15.9 Å². The van der Waals surface area contributed by atoms with E-state index >= 15 is 0 Å². The molecule has 7 nitrogen and oxygen atoms in total. The first kappa shape index (κ1) is 20.4. The third-order valence-electron chi connectivity index (χ3n) is 4.60. The maximum Gasteiger partial charge on any atom is 0.251 e. The molecule has 1 aliphatic rings. The van der Waals surface area contributed by atoms with Crippen molar-refractivity contribution in [3.8, 4) is 0 Å². The average Bonchev–Trinajstić information content (AvgIpc) is 2.63. The Morgan fingerprint density at radius 1 is 1.31 bits per heavy atom. The molecule has 2 amide bonds. The number of sulfonamides is 1. The Morgan fingerprint density at radius 3 is 2.69 bits per heavy atom. The van der Waals surface area contributed by atoms with E-state index in [1.54, 1.807) is 25.2 Å². The van der Waals surface area contributed by atoms with E-state index in [1.807, 2.05) is 13.8 Å². The molecule has 2 rings (SSSR count). The fourth-order valence-electron chi connectivity index (χ4n) is 3.07. The van der Waals surface area contributed by atoms with E-state index in [0.29, 0.717) is 37.1 Å². The molecule has 0 aliphatic carbocycles. The van der Waals surface area contributed by atoms with Crippen LogP contribution in [0.15, 0.2) is 18.2 Å². The first-order valence-electron chi connectivity index (χ1n) is 8.90. The van der Waals surface area contributed by atoms with Gasteiger partial charge < -0.3 is 10.6 Å². The van der Waals surface area contributed by atoms with Gasteiger partial charge in [-0.15, -0.1) is 0 Å². The molecule has 1 heterocycles. The number of nitrogens with zero attached hydrogens (tertiary/aromatic N) is 1. The maximum absolute atomic E-state index is 12.7. The number of benzene rings is 1. The lowest BCUT2D eigenvalue weighted by Crippen LogP contribution is -2.44. The summed E-state index contributed by atoms with van der Waals surface area (Å²) >= 11 is 0. The predicted octanol–water partition coefficient (Wildman–Crippen LogP) is 1.74. The number of amides is 2. The lowest BCUT2D eigenvalue weighted by atomic mass is 9.98. The van der Waals surface area contributed by atoms with E-state index in [1.165, 1.54) is 4.31 Å². The highest BCUT2D eigenvalue weighted by atomic mass is 32.2. The number of carbonyl (C=O) groups is 2. The van der Waals surface area contributed by atoms with Gasteiger partial charge in [0.25, 0.3) is 5.91 Å². The standard InChI is InChI=1S/C18H27N3O4S/c1-4-10-26(24,25)21-9-5-6-15(12-21)18(23)20-16-11-14(17(22)19-3)8-7-13(16)2/h7-8,11,15H,4-6,9-10,12H2,1-3H3,(H,19,22)(H,20,23)/t15-/m1/s1. The molecule has 0 aromatic heterocycles. The van der Waals surface area contributed by atoms with Gasteiger partial charge in [-0.05, 0) is 43.9 Å². The molecule has 2 N–H and O–H groups in total. The van der Waals surface area contributed by atoms with E-state index in [9.17, 15) is 18.0 Å². The summed E-state index contributed by atoms with van der Waals surface area (Å²) in [5.41, 5.74) is 1.88. The molecule has 8 heteroatoms. The molecule has 26 heavy (non-hydrogen) atoms. The molecule has 1 aromatic carbocycles. The predicted molar refractivity (Wildman–Crippen MR) is 102 cm³/mol. The summed E-state index contributed by atoms with van der Waals surface area (Å²) in [6.45, 7) is 4.36. The minimum Gasteiger partial charge on any atom is -0.355 e. The van der Waals surface area contributed by atoms with Gasteiger partial charge in [-0.3, -0.25) is 9.59 Å². The molecule has 1 aliphatic heterocycles. The van der Waals surface area contributed by atoms with Crippen molar-refractivity contribution < 1.29 is 18.0 Å². The van der Waals surface area contributed by atoms with Crippen molar-refractivity contribution in [3.05, 3.63) is 29.3 Å². The highest BCUT2D eigenvalue weighted by molar-refractivity contribution is 7.89. The largest absolute Gasteiger partial charge is 0.355 e. The highest BCUT2D eigenvalue weighted by Crippen LogP contribution is 2.23. The molecule has 144 valence electrons. The van der Waals surface area contributed by atoms with E-state index in [-0.39, 0.29) is 24.1 Å². The lowest BCUT2D eigenvalue weighted by molar-refractivity contribution is -0.120. The Bertz CT molecular complexity index is 777. The second-order valence-electron chi connectivity index (χ2n) is 6.61. The van der Waals surface area contributed by atoms with Gasteiger partial charge in [0.15, 0.2) is 0 Å². The molecule has 1 aromatic rings. The minimum absolute atomic E-state index is 0.106. The molecule has 0 unspecified atom stereocenters. The first-order valence-corrected chi connectivity index (χ1v) is 10.5. The van der Waals surface area contributed by atoms with Gasteiger partial charge in [-0.2, -0.15) is 0 Å². The summed E-state index contributed by atoms with van der Waals surface area (Å²) in [4.78, 5) is 24.4. The normalized spacial score (nSPS) is 18.3. The van der Waals surface area contributed by atoms with Crippen molar-refractivity contribution in [1.82, 2.24) is 9.62 Å². The van der Waals surface area contributed by atoms with Gasteiger partial charge in [0, 0.05) is 31.4 Å². The molecule has 0 spiro atoms. The molecule has 1 saturated heterocycles. The van der Waals surface area contributed by atoms with Crippen LogP contribution in [0.1, 0.15) is 42.1 Å². The second-order valence-corrected chi connectivity index (χ2v) is 8.70. The van der Waals surface area contributed by atoms with Gasteiger partial charge in [0.1, 0.15) is 0 Å². The first-order chi connectivity index (χ1) is 12.3. The molecule has 1 atom stereocenters. The maximum atomic E-state index is 12.7. The Hall–Kier alpha value is -1.93. The molecule has 0 saturated carbocycles. The van der Waals surface area contributed by atoms with Gasteiger partial charge in [-0.1, -0.05) is 13.0 Å². The van der Waals surface area contributed by atoms with Crippen LogP contribution in [-0.4, -0.2) is 50.4 Å². The van der Waals surface area contributed by atoms with Crippen LogP contribution in [0, 0.1) is 12.8 Å². The molecule has 1 fully saturated rings. The van der Waals surface area contributed by atoms with E-state index in [2.05, 4.69) is 10.6 Å². The molecular formula is C18H27N3O4S. The molecule has 0 bridgehead atoms. The van der Waals surface area contributed by atoms with E-state index < -0.39 is 15.9 Å². The number of rotatable bonds is 6. The number of anilines is 1. The Morgan fingerprint density at radius 2 is 2.04 bits per heavy atom. The summed E-state index contributed by atoms with van der Waals surface area (Å²) in [5, 5.41) is 5.42. The number of aryl methyl sites for hydroxylation is 1. The summed E-state index contributed by atoms with van der Waals surface area (Å²) < 4.78 is 26.0. The van der Waals surface area contributed by atoms with Gasteiger partial charge in [0.05, 0.1) is 11.7 Å².